The molecule has 5 rings (SSSR count). The zero-order valence-corrected chi connectivity index (χ0v) is 17.1. The number of benzene rings is 1. The summed E-state index contributed by atoms with van der Waals surface area (Å²) in [7, 11) is 0. The number of rotatable bonds is 6. The largest absolute Gasteiger partial charge is 0.343 e. The molecular formula is C24H27N3O3. The predicted molar refractivity (Wildman–Crippen MR) is 111 cm³/mol. The molecule has 6 heteroatoms. The minimum atomic E-state index is -0.636. The Morgan fingerprint density at radius 1 is 1.17 bits per heavy atom. The van der Waals surface area contributed by atoms with Crippen LogP contribution in [-0.4, -0.2) is 51.5 Å². The third kappa shape index (κ3) is 3.29. The Hall–Kier alpha value is -2.73. The molecule has 156 valence electrons. The molecule has 3 saturated heterocycles. The Labute approximate surface area is 176 Å². The van der Waals surface area contributed by atoms with Gasteiger partial charge < -0.3 is 14.5 Å². The summed E-state index contributed by atoms with van der Waals surface area (Å²) in [4.78, 5) is 33.6. The summed E-state index contributed by atoms with van der Waals surface area (Å²) in [6.07, 6.45) is 7.87. The molecule has 0 bridgehead atoms. The third-order valence-electron chi connectivity index (χ3n) is 6.75. The molecule has 1 aromatic heterocycles. The van der Waals surface area contributed by atoms with Crippen LogP contribution in [0.4, 0.5) is 0 Å². The summed E-state index contributed by atoms with van der Waals surface area (Å²) in [6.45, 7) is 1.24. The number of nitrogens with zero attached hydrogens (tertiary/aromatic N) is 3. The number of pyridine rings is 1. The number of unbranched alkanes of at least 4 members (excludes halogenated alkanes) is 1. The van der Waals surface area contributed by atoms with E-state index in [4.69, 9.17) is 4.74 Å². The maximum Gasteiger partial charge on any atom is 0.227 e. The average Bonchev–Trinajstić information content (AvgIpc) is 3.41. The van der Waals surface area contributed by atoms with Crippen molar-refractivity contribution in [2.75, 3.05) is 13.1 Å². The molecule has 30 heavy (non-hydrogen) atoms. The summed E-state index contributed by atoms with van der Waals surface area (Å²) >= 11 is 0. The molecule has 0 aliphatic carbocycles. The highest BCUT2D eigenvalue weighted by Gasteiger charge is 2.64. The van der Waals surface area contributed by atoms with Gasteiger partial charge in [0, 0.05) is 31.8 Å². The molecule has 2 amide bonds. The van der Waals surface area contributed by atoms with E-state index in [1.807, 2.05) is 52.4 Å². The van der Waals surface area contributed by atoms with E-state index in [2.05, 4.69) is 11.1 Å². The van der Waals surface area contributed by atoms with Gasteiger partial charge in [0.05, 0.1) is 19.0 Å². The van der Waals surface area contributed by atoms with Gasteiger partial charge in [0.2, 0.25) is 11.8 Å². The van der Waals surface area contributed by atoms with Crippen LogP contribution in [0.25, 0.3) is 0 Å². The summed E-state index contributed by atoms with van der Waals surface area (Å²) in [6, 6.07) is 13.9. The highest BCUT2D eigenvalue weighted by atomic mass is 16.5. The maximum atomic E-state index is 13.0. The number of aryl methyl sites for hydroxylation is 1. The van der Waals surface area contributed by atoms with Crippen LogP contribution < -0.4 is 0 Å². The van der Waals surface area contributed by atoms with E-state index in [1.54, 1.807) is 6.20 Å². The van der Waals surface area contributed by atoms with E-state index in [-0.39, 0.29) is 24.0 Å². The van der Waals surface area contributed by atoms with E-state index in [9.17, 15) is 9.59 Å². The smallest absolute Gasteiger partial charge is 0.227 e. The highest BCUT2D eigenvalue weighted by molar-refractivity contribution is 5.84. The minimum absolute atomic E-state index is 0.104. The number of hydrogen-bond donors (Lipinski definition) is 0. The van der Waals surface area contributed by atoms with Crippen LogP contribution in [0, 0.1) is 0 Å². The van der Waals surface area contributed by atoms with Crippen molar-refractivity contribution in [1.29, 1.82) is 0 Å². The Kier molecular flexibility index (Phi) is 5.03. The number of aromatic nitrogens is 1. The summed E-state index contributed by atoms with van der Waals surface area (Å²) in [5.74, 6) is 0.247. The van der Waals surface area contributed by atoms with Crippen molar-refractivity contribution in [1.82, 2.24) is 14.8 Å². The molecule has 0 radical (unpaired) electrons. The molecule has 1 spiro atoms. The minimum Gasteiger partial charge on any atom is -0.343 e. The molecule has 0 unspecified atom stereocenters. The predicted octanol–water partition coefficient (Wildman–Crippen LogP) is 3.10. The second-order valence-corrected chi connectivity index (χ2v) is 8.49. The number of likely N-dealkylation sites (tertiary alicyclic amines) is 1. The van der Waals surface area contributed by atoms with Crippen LogP contribution in [-0.2, 0) is 20.7 Å². The second kappa shape index (κ2) is 7.84. The molecule has 3 aliphatic rings. The number of ether oxygens (including phenoxy) is 1. The average molecular weight is 405 g/mol. The summed E-state index contributed by atoms with van der Waals surface area (Å²) < 4.78 is 6.52. The second-order valence-electron chi connectivity index (χ2n) is 8.49. The van der Waals surface area contributed by atoms with Crippen molar-refractivity contribution >= 4 is 11.8 Å². The lowest BCUT2D eigenvalue weighted by molar-refractivity contribution is -0.142. The van der Waals surface area contributed by atoms with Gasteiger partial charge in [-0.1, -0.05) is 36.4 Å². The highest BCUT2D eigenvalue weighted by Crippen LogP contribution is 2.50. The normalized spacial score (nSPS) is 27.4. The molecular weight excluding hydrogens is 378 g/mol. The van der Waals surface area contributed by atoms with Crippen molar-refractivity contribution in [2.45, 2.75) is 56.4 Å². The third-order valence-corrected chi connectivity index (χ3v) is 6.75. The molecule has 1 aromatic carbocycles. The molecule has 3 aliphatic heterocycles. The van der Waals surface area contributed by atoms with Crippen molar-refractivity contribution in [3.63, 3.8) is 0 Å². The van der Waals surface area contributed by atoms with Gasteiger partial charge in [-0.25, -0.2) is 0 Å². The van der Waals surface area contributed by atoms with Gasteiger partial charge in [-0.15, -0.1) is 0 Å². The van der Waals surface area contributed by atoms with Gasteiger partial charge in [-0.2, -0.15) is 0 Å². The first-order valence-electron chi connectivity index (χ1n) is 10.9. The van der Waals surface area contributed by atoms with Gasteiger partial charge in [0.1, 0.15) is 6.10 Å². The van der Waals surface area contributed by atoms with Crippen molar-refractivity contribution in [3.8, 4) is 0 Å². The first-order valence-corrected chi connectivity index (χ1v) is 10.9. The van der Waals surface area contributed by atoms with E-state index in [0.29, 0.717) is 32.4 Å². The standard InChI is InChI=1S/C24H27N3O3/c28-22(11-5-4-7-18-8-6-13-25-16-18)26-14-12-24-21(26)15-23(29)27(24)17-20(30-24)19-9-2-1-3-10-19/h1-3,6,8-10,13,16,20-21H,4-5,7,11-12,14-15,17H2/t20-,21+,24-/m0/s1. The van der Waals surface area contributed by atoms with E-state index >= 15 is 0 Å². The van der Waals surface area contributed by atoms with Crippen molar-refractivity contribution in [2.24, 2.45) is 0 Å². The van der Waals surface area contributed by atoms with Crippen molar-refractivity contribution < 1.29 is 14.3 Å². The number of carbonyl (C=O) groups is 2. The lowest BCUT2D eigenvalue weighted by Gasteiger charge is -2.32. The molecule has 0 saturated carbocycles. The van der Waals surface area contributed by atoms with Crippen molar-refractivity contribution in [3.05, 3.63) is 66.0 Å². The zero-order chi connectivity index (χ0) is 20.6. The molecule has 6 nitrogen and oxygen atoms in total. The number of hydrogen-bond acceptors (Lipinski definition) is 4. The fourth-order valence-corrected chi connectivity index (χ4v) is 5.26. The monoisotopic (exact) mass is 405 g/mol. The Morgan fingerprint density at radius 3 is 2.83 bits per heavy atom. The van der Waals surface area contributed by atoms with Crippen LogP contribution in [0.15, 0.2) is 54.9 Å². The molecule has 3 atom stereocenters. The lowest BCUT2D eigenvalue weighted by atomic mass is 10.1. The van der Waals surface area contributed by atoms with Crippen LogP contribution in [0.3, 0.4) is 0 Å². The van der Waals surface area contributed by atoms with Gasteiger partial charge in [0.25, 0.3) is 0 Å². The fraction of sp³-hybridized carbons (Fsp3) is 0.458. The van der Waals surface area contributed by atoms with Crippen LogP contribution >= 0.6 is 0 Å². The molecule has 0 N–H and O–H groups in total. The number of carbonyl (C=O) groups excluding carboxylic acids is 2. The molecule has 4 heterocycles. The summed E-state index contributed by atoms with van der Waals surface area (Å²) in [5, 5.41) is 0. The SMILES string of the molecule is O=C(CCCCc1cccnc1)N1CC[C@@]23O[C@H](c4ccccc4)CN2C(=O)C[C@@H]13. The first-order chi connectivity index (χ1) is 14.7. The molecule has 3 fully saturated rings. The van der Waals surface area contributed by atoms with Crippen LogP contribution in [0.1, 0.15) is 49.3 Å². The van der Waals surface area contributed by atoms with Gasteiger partial charge >= 0.3 is 0 Å². The Balaban J connectivity index is 1.21. The van der Waals surface area contributed by atoms with Gasteiger partial charge in [0.15, 0.2) is 5.72 Å². The van der Waals surface area contributed by atoms with E-state index in [1.165, 1.54) is 5.56 Å². The molecule has 2 aromatic rings. The zero-order valence-electron chi connectivity index (χ0n) is 17.1. The maximum absolute atomic E-state index is 13.0. The van der Waals surface area contributed by atoms with E-state index in [0.717, 1.165) is 24.8 Å². The quantitative estimate of drug-likeness (QED) is 0.693. The van der Waals surface area contributed by atoms with Crippen LogP contribution in [0.5, 0.6) is 0 Å². The Morgan fingerprint density at radius 2 is 2.03 bits per heavy atom. The van der Waals surface area contributed by atoms with Gasteiger partial charge in [-0.05, 0) is 36.5 Å². The van der Waals surface area contributed by atoms with Crippen LogP contribution in [0.2, 0.25) is 0 Å². The Bertz CT molecular complexity index is 920. The van der Waals surface area contributed by atoms with E-state index < -0.39 is 5.72 Å². The summed E-state index contributed by atoms with van der Waals surface area (Å²) in [5.41, 5.74) is 1.66. The van der Waals surface area contributed by atoms with Gasteiger partial charge in [-0.3, -0.25) is 14.6 Å². The first kappa shape index (κ1) is 19.2. The topological polar surface area (TPSA) is 62.7 Å². The lowest BCUT2D eigenvalue weighted by Crippen LogP contribution is -2.48. The number of amides is 2. The fourth-order valence-electron chi connectivity index (χ4n) is 5.26.